The Balaban J connectivity index is 1.63. The lowest BCUT2D eigenvalue weighted by Gasteiger charge is -2.45. The third-order valence-electron chi connectivity index (χ3n) is 5.15. The van der Waals surface area contributed by atoms with Crippen LogP contribution in [0.1, 0.15) is 39.0 Å². The van der Waals surface area contributed by atoms with Crippen molar-refractivity contribution < 1.29 is 14.3 Å². The molecule has 2 heterocycles. The van der Waals surface area contributed by atoms with Gasteiger partial charge in [0.15, 0.2) is 5.60 Å². The van der Waals surface area contributed by atoms with Gasteiger partial charge in [0.25, 0.3) is 5.91 Å². The van der Waals surface area contributed by atoms with E-state index < -0.39 is 5.60 Å². The minimum absolute atomic E-state index is 0.145. The fourth-order valence-corrected chi connectivity index (χ4v) is 3.89. The van der Waals surface area contributed by atoms with Crippen LogP contribution in [0.15, 0.2) is 0 Å². The Hall–Kier alpha value is -0.650. The van der Waals surface area contributed by atoms with E-state index in [2.05, 4.69) is 4.90 Å². The molecular formula is C16H28N2O3. The SMILES string of the molecule is C[C@@]1(C(=O)N2CCOCC2)CN(C2CCCCC2)CCO1. The molecule has 0 spiro atoms. The Bertz CT molecular complexity index is 365. The van der Waals surface area contributed by atoms with Crippen LogP contribution >= 0.6 is 0 Å². The second-order valence-electron chi connectivity index (χ2n) is 6.75. The smallest absolute Gasteiger partial charge is 0.256 e. The van der Waals surface area contributed by atoms with Crippen molar-refractivity contribution in [3.05, 3.63) is 0 Å². The summed E-state index contributed by atoms with van der Waals surface area (Å²) in [4.78, 5) is 17.2. The number of nitrogens with zero attached hydrogens (tertiary/aromatic N) is 2. The lowest BCUT2D eigenvalue weighted by molar-refractivity contribution is -0.173. The van der Waals surface area contributed by atoms with Gasteiger partial charge < -0.3 is 14.4 Å². The van der Waals surface area contributed by atoms with Gasteiger partial charge in [-0.05, 0) is 19.8 Å². The predicted molar refractivity (Wildman–Crippen MR) is 80.2 cm³/mol. The molecule has 0 aromatic rings. The van der Waals surface area contributed by atoms with E-state index in [0.717, 1.165) is 13.1 Å². The predicted octanol–water partition coefficient (Wildman–Crippen LogP) is 1.27. The zero-order valence-electron chi connectivity index (χ0n) is 13.2. The number of ether oxygens (including phenoxy) is 2. The molecule has 0 radical (unpaired) electrons. The highest BCUT2D eigenvalue weighted by molar-refractivity contribution is 5.85. The Labute approximate surface area is 127 Å². The maximum Gasteiger partial charge on any atom is 0.256 e. The molecule has 0 aromatic carbocycles. The summed E-state index contributed by atoms with van der Waals surface area (Å²) in [7, 11) is 0. The van der Waals surface area contributed by atoms with Gasteiger partial charge in [0, 0.05) is 32.2 Å². The molecule has 3 aliphatic rings. The van der Waals surface area contributed by atoms with Gasteiger partial charge in [-0.25, -0.2) is 0 Å². The summed E-state index contributed by atoms with van der Waals surface area (Å²) in [6.07, 6.45) is 6.58. The van der Waals surface area contributed by atoms with Crippen LogP contribution < -0.4 is 0 Å². The normalized spacial score (nSPS) is 33.1. The maximum absolute atomic E-state index is 12.8. The van der Waals surface area contributed by atoms with Gasteiger partial charge in [-0.3, -0.25) is 9.69 Å². The second-order valence-corrected chi connectivity index (χ2v) is 6.75. The summed E-state index contributed by atoms with van der Waals surface area (Å²) in [5.74, 6) is 0.145. The van der Waals surface area contributed by atoms with Gasteiger partial charge >= 0.3 is 0 Å². The molecule has 0 N–H and O–H groups in total. The van der Waals surface area contributed by atoms with Crippen LogP contribution in [0.3, 0.4) is 0 Å². The molecule has 5 heteroatoms. The van der Waals surface area contributed by atoms with Gasteiger partial charge in [0.2, 0.25) is 0 Å². The molecule has 0 unspecified atom stereocenters. The fourth-order valence-electron chi connectivity index (χ4n) is 3.89. The van der Waals surface area contributed by atoms with E-state index >= 15 is 0 Å². The quantitative estimate of drug-likeness (QED) is 0.769. The van der Waals surface area contributed by atoms with Gasteiger partial charge in [0.05, 0.1) is 19.8 Å². The van der Waals surface area contributed by atoms with Crippen molar-refractivity contribution in [2.75, 3.05) is 46.0 Å². The van der Waals surface area contributed by atoms with Gasteiger partial charge in [-0.15, -0.1) is 0 Å². The van der Waals surface area contributed by atoms with Crippen LogP contribution in [0.4, 0.5) is 0 Å². The average molecular weight is 296 g/mol. The third kappa shape index (κ3) is 3.41. The molecule has 3 rings (SSSR count). The van der Waals surface area contributed by atoms with Crippen molar-refractivity contribution in [3.63, 3.8) is 0 Å². The zero-order chi connectivity index (χ0) is 14.7. The molecule has 1 atom stereocenters. The molecule has 2 aliphatic heterocycles. The molecule has 1 aliphatic carbocycles. The van der Waals surface area contributed by atoms with Crippen LogP contribution in [0, 0.1) is 0 Å². The van der Waals surface area contributed by atoms with Crippen molar-refractivity contribution in [2.45, 2.75) is 50.7 Å². The van der Waals surface area contributed by atoms with Crippen LogP contribution in [-0.4, -0.2) is 73.3 Å². The first-order valence-corrected chi connectivity index (χ1v) is 8.44. The lowest BCUT2D eigenvalue weighted by Crippen LogP contribution is -2.62. The van der Waals surface area contributed by atoms with Crippen LogP contribution in [0.5, 0.6) is 0 Å². The summed E-state index contributed by atoms with van der Waals surface area (Å²) >= 11 is 0. The summed E-state index contributed by atoms with van der Waals surface area (Å²) in [5, 5.41) is 0. The lowest BCUT2D eigenvalue weighted by atomic mass is 9.92. The molecule has 120 valence electrons. The summed E-state index contributed by atoms with van der Waals surface area (Å²) in [6, 6.07) is 0.652. The molecule has 1 amide bonds. The molecule has 0 aromatic heterocycles. The summed E-state index contributed by atoms with van der Waals surface area (Å²) in [6.45, 7) is 7.04. The first kappa shape index (κ1) is 15.3. The monoisotopic (exact) mass is 296 g/mol. The van der Waals surface area contributed by atoms with E-state index in [-0.39, 0.29) is 5.91 Å². The number of carbonyl (C=O) groups is 1. The topological polar surface area (TPSA) is 42.0 Å². The fraction of sp³-hybridized carbons (Fsp3) is 0.938. The van der Waals surface area contributed by atoms with Gasteiger partial charge in [0.1, 0.15) is 0 Å². The molecule has 3 fully saturated rings. The Morgan fingerprint density at radius 1 is 1.05 bits per heavy atom. The maximum atomic E-state index is 12.8. The highest BCUT2D eigenvalue weighted by Gasteiger charge is 2.43. The van der Waals surface area contributed by atoms with E-state index in [1.54, 1.807) is 0 Å². The Kier molecular flexibility index (Phi) is 4.82. The molecule has 2 saturated heterocycles. The van der Waals surface area contributed by atoms with E-state index in [1.807, 2.05) is 11.8 Å². The number of hydrogen-bond acceptors (Lipinski definition) is 4. The average Bonchev–Trinajstić information content (AvgIpc) is 2.56. The third-order valence-corrected chi connectivity index (χ3v) is 5.15. The van der Waals surface area contributed by atoms with Gasteiger partial charge in [-0.1, -0.05) is 19.3 Å². The van der Waals surface area contributed by atoms with E-state index in [9.17, 15) is 4.79 Å². The minimum Gasteiger partial charge on any atom is -0.378 e. The van der Waals surface area contributed by atoms with Crippen molar-refractivity contribution in [2.24, 2.45) is 0 Å². The molecule has 1 saturated carbocycles. The Morgan fingerprint density at radius 3 is 2.48 bits per heavy atom. The van der Waals surface area contributed by atoms with Crippen LogP contribution in [0.2, 0.25) is 0 Å². The second kappa shape index (κ2) is 6.63. The number of amides is 1. The number of rotatable bonds is 2. The summed E-state index contributed by atoms with van der Waals surface area (Å²) < 4.78 is 11.3. The number of morpholine rings is 2. The summed E-state index contributed by atoms with van der Waals surface area (Å²) in [5.41, 5.74) is -0.674. The molecule has 21 heavy (non-hydrogen) atoms. The van der Waals surface area contributed by atoms with Crippen molar-refractivity contribution in [3.8, 4) is 0 Å². The standard InChI is InChI=1S/C16H28N2O3/c1-16(15(19)17-7-10-20-11-8-17)13-18(9-12-21-16)14-5-3-2-4-6-14/h14H,2-13H2,1H3/t16-/m0/s1. The van der Waals surface area contributed by atoms with E-state index in [1.165, 1.54) is 32.1 Å². The Morgan fingerprint density at radius 2 is 1.76 bits per heavy atom. The van der Waals surface area contributed by atoms with Crippen molar-refractivity contribution in [1.29, 1.82) is 0 Å². The van der Waals surface area contributed by atoms with E-state index in [4.69, 9.17) is 9.47 Å². The number of hydrogen-bond donors (Lipinski definition) is 0. The van der Waals surface area contributed by atoms with Crippen LogP contribution in [0.25, 0.3) is 0 Å². The van der Waals surface area contributed by atoms with Crippen molar-refractivity contribution >= 4 is 5.91 Å². The molecular weight excluding hydrogens is 268 g/mol. The highest BCUT2D eigenvalue weighted by Crippen LogP contribution is 2.28. The zero-order valence-corrected chi connectivity index (χ0v) is 13.2. The van der Waals surface area contributed by atoms with Gasteiger partial charge in [-0.2, -0.15) is 0 Å². The van der Waals surface area contributed by atoms with Crippen LogP contribution in [-0.2, 0) is 14.3 Å². The van der Waals surface area contributed by atoms with E-state index in [0.29, 0.717) is 39.0 Å². The van der Waals surface area contributed by atoms with Crippen molar-refractivity contribution in [1.82, 2.24) is 9.80 Å². The largest absolute Gasteiger partial charge is 0.378 e. The molecule has 5 nitrogen and oxygen atoms in total. The molecule has 0 bridgehead atoms. The highest BCUT2D eigenvalue weighted by atomic mass is 16.5. The first-order chi connectivity index (χ1) is 10.2. The first-order valence-electron chi connectivity index (χ1n) is 8.44. The minimum atomic E-state index is -0.674. The number of carbonyl (C=O) groups excluding carboxylic acids is 1.